The first-order valence-electron chi connectivity index (χ1n) is 6.27. The van der Waals surface area contributed by atoms with Gasteiger partial charge in [-0.05, 0) is 24.5 Å². The van der Waals surface area contributed by atoms with E-state index in [0.717, 1.165) is 18.4 Å². The van der Waals surface area contributed by atoms with Gasteiger partial charge in [-0.25, -0.2) is 4.98 Å². The molecule has 0 unspecified atom stereocenters. The van der Waals surface area contributed by atoms with E-state index in [2.05, 4.69) is 4.98 Å². The Morgan fingerprint density at radius 2 is 2.26 bits per heavy atom. The summed E-state index contributed by atoms with van der Waals surface area (Å²) in [5.74, 6) is -0.00969. The van der Waals surface area contributed by atoms with Crippen LogP contribution in [0.5, 0.6) is 5.75 Å². The molecule has 0 saturated carbocycles. The first kappa shape index (κ1) is 11.8. The Bertz CT molecular complexity index is 633. The predicted molar refractivity (Wildman–Crippen MR) is 71.3 cm³/mol. The number of fused-ring (bicyclic) bond motifs is 1. The van der Waals surface area contributed by atoms with Crippen LogP contribution >= 0.6 is 0 Å². The molecule has 0 radical (unpaired) electrons. The third-order valence-corrected chi connectivity index (χ3v) is 3.37. The molecule has 0 fully saturated rings. The van der Waals surface area contributed by atoms with Crippen LogP contribution in [-0.4, -0.2) is 27.1 Å². The molecule has 0 spiro atoms. The Morgan fingerprint density at radius 3 is 3.00 bits per heavy atom. The molecule has 1 N–H and O–H groups in total. The topological polar surface area (TPSA) is 58.4 Å². The number of phenolic OH excluding ortho intramolecular Hbond substituents is 1. The van der Waals surface area contributed by atoms with Gasteiger partial charge in [0.2, 0.25) is 0 Å². The summed E-state index contributed by atoms with van der Waals surface area (Å²) in [7, 11) is 1.82. The van der Waals surface area contributed by atoms with Crippen LogP contribution in [0, 0.1) is 0 Å². The molecule has 1 aromatic carbocycles. The van der Waals surface area contributed by atoms with Gasteiger partial charge in [0.15, 0.2) is 0 Å². The van der Waals surface area contributed by atoms with Crippen molar-refractivity contribution < 1.29 is 9.90 Å². The molecular weight excluding hydrogens is 242 g/mol. The van der Waals surface area contributed by atoms with Crippen LogP contribution in [0.25, 0.3) is 0 Å². The van der Waals surface area contributed by atoms with Gasteiger partial charge in [0.1, 0.15) is 11.4 Å². The lowest BCUT2D eigenvalue weighted by Crippen LogP contribution is -2.35. The van der Waals surface area contributed by atoms with E-state index in [9.17, 15) is 9.90 Å². The number of rotatable bonds is 1. The first-order chi connectivity index (χ1) is 9.16. The van der Waals surface area contributed by atoms with Crippen LogP contribution in [0.2, 0.25) is 0 Å². The Morgan fingerprint density at radius 1 is 1.42 bits per heavy atom. The van der Waals surface area contributed by atoms with Crippen molar-refractivity contribution in [2.24, 2.45) is 7.05 Å². The van der Waals surface area contributed by atoms with Crippen molar-refractivity contribution in [3.05, 3.63) is 42.0 Å². The third-order valence-electron chi connectivity index (χ3n) is 3.37. The first-order valence-corrected chi connectivity index (χ1v) is 6.27. The van der Waals surface area contributed by atoms with E-state index < -0.39 is 0 Å². The minimum Gasteiger partial charge on any atom is -0.506 e. The smallest absolute Gasteiger partial charge is 0.278 e. The Hall–Kier alpha value is -2.30. The van der Waals surface area contributed by atoms with Crippen molar-refractivity contribution in [1.82, 2.24) is 9.55 Å². The number of carbonyl (C=O) groups excluding carboxylic acids is 1. The maximum atomic E-state index is 12.5. The number of phenols is 1. The SMILES string of the molecule is Cn1cnc(C(=O)N2CCCc3cccc(O)c32)c1. The number of aromatic hydroxyl groups is 1. The number of para-hydroxylation sites is 1. The molecule has 0 bridgehead atoms. The van der Waals surface area contributed by atoms with Crippen molar-refractivity contribution in [2.45, 2.75) is 12.8 Å². The maximum Gasteiger partial charge on any atom is 0.278 e. The molecule has 2 heterocycles. The largest absolute Gasteiger partial charge is 0.506 e. The molecule has 3 rings (SSSR count). The lowest BCUT2D eigenvalue weighted by atomic mass is 10.0. The molecule has 0 saturated heterocycles. The quantitative estimate of drug-likeness (QED) is 0.846. The number of benzene rings is 1. The summed E-state index contributed by atoms with van der Waals surface area (Å²) in [6.45, 7) is 0.611. The maximum absolute atomic E-state index is 12.5. The highest BCUT2D eigenvalue weighted by atomic mass is 16.3. The number of hydrogen-bond donors (Lipinski definition) is 1. The van der Waals surface area contributed by atoms with Crippen molar-refractivity contribution in [3.63, 3.8) is 0 Å². The lowest BCUT2D eigenvalue weighted by molar-refractivity contribution is 0.0980. The molecule has 19 heavy (non-hydrogen) atoms. The van der Waals surface area contributed by atoms with E-state index in [1.165, 1.54) is 0 Å². The minimum atomic E-state index is -0.164. The van der Waals surface area contributed by atoms with Crippen LogP contribution < -0.4 is 4.90 Å². The summed E-state index contributed by atoms with van der Waals surface area (Å²) >= 11 is 0. The zero-order valence-corrected chi connectivity index (χ0v) is 10.7. The van der Waals surface area contributed by atoms with Gasteiger partial charge in [-0.1, -0.05) is 12.1 Å². The number of aromatic nitrogens is 2. The number of hydrogen-bond acceptors (Lipinski definition) is 3. The highest BCUT2D eigenvalue weighted by Gasteiger charge is 2.27. The molecule has 1 aliphatic heterocycles. The minimum absolute atomic E-state index is 0.154. The van der Waals surface area contributed by atoms with Gasteiger partial charge in [0.05, 0.1) is 12.0 Å². The fourth-order valence-corrected chi connectivity index (χ4v) is 2.50. The molecule has 1 aliphatic rings. The van der Waals surface area contributed by atoms with Crippen LogP contribution in [-0.2, 0) is 13.5 Å². The molecular formula is C14H15N3O2. The fraction of sp³-hybridized carbons (Fsp3) is 0.286. The summed E-state index contributed by atoms with van der Waals surface area (Å²) in [6, 6.07) is 5.37. The highest BCUT2D eigenvalue weighted by Crippen LogP contribution is 2.35. The van der Waals surface area contributed by atoms with Crippen LogP contribution in [0.15, 0.2) is 30.7 Å². The van der Waals surface area contributed by atoms with E-state index in [-0.39, 0.29) is 11.7 Å². The summed E-state index contributed by atoms with van der Waals surface area (Å²) in [4.78, 5) is 18.2. The van der Waals surface area contributed by atoms with E-state index >= 15 is 0 Å². The number of amides is 1. The third kappa shape index (κ3) is 1.97. The molecule has 98 valence electrons. The van der Waals surface area contributed by atoms with Crippen LogP contribution in [0.4, 0.5) is 5.69 Å². The van der Waals surface area contributed by atoms with Gasteiger partial charge in [-0.15, -0.1) is 0 Å². The second-order valence-electron chi connectivity index (χ2n) is 4.77. The number of nitrogens with zero attached hydrogens (tertiary/aromatic N) is 3. The molecule has 0 atom stereocenters. The Kier molecular flexibility index (Phi) is 2.74. The highest BCUT2D eigenvalue weighted by molar-refractivity contribution is 6.06. The second kappa shape index (κ2) is 4.42. The van der Waals surface area contributed by atoms with E-state index in [1.807, 2.05) is 19.2 Å². The van der Waals surface area contributed by atoms with Gasteiger partial charge < -0.3 is 14.6 Å². The molecule has 1 aromatic heterocycles. The number of anilines is 1. The summed E-state index contributed by atoms with van der Waals surface area (Å²) in [6.07, 6.45) is 5.07. The monoisotopic (exact) mass is 257 g/mol. The summed E-state index contributed by atoms with van der Waals surface area (Å²) in [5, 5.41) is 10.0. The second-order valence-corrected chi connectivity index (χ2v) is 4.77. The summed E-state index contributed by atoms with van der Waals surface area (Å²) in [5.41, 5.74) is 2.04. The predicted octanol–water partition coefficient (Wildman–Crippen LogP) is 1.72. The average Bonchev–Trinajstić information content (AvgIpc) is 2.84. The standard InChI is InChI=1S/C14H15N3O2/c1-16-8-11(15-9-16)14(19)17-7-3-5-10-4-2-6-12(18)13(10)17/h2,4,6,8-9,18H,3,5,7H2,1H3. The van der Waals surface area contributed by atoms with Gasteiger partial charge >= 0.3 is 0 Å². The summed E-state index contributed by atoms with van der Waals surface area (Å²) < 4.78 is 1.74. The van der Waals surface area contributed by atoms with Crippen molar-refractivity contribution >= 4 is 11.6 Å². The van der Waals surface area contributed by atoms with Crippen LogP contribution in [0.1, 0.15) is 22.5 Å². The molecule has 1 amide bonds. The normalized spacial score (nSPS) is 14.3. The van der Waals surface area contributed by atoms with E-state index in [1.54, 1.807) is 28.1 Å². The fourth-order valence-electron chi connectivity index (χ4n) is 2.50. The number of aryl methyl sites for hydroxylation is 2. The van der Waals surface area contributed by atoms with Crippen molar-refractivity contribution in [1.29, 1.82) is 0 Å². The molecule has 2 aromatic rings. The van der Waals surface area contributed by atoms with E-state index in [0.29, 0.717) is 17.9 Å². The lowest BCUT2D eigenvalue weighted by Gasteiger charge is -2.29. The van der Waals surface area contributed by atoms with Gasteiger partial charge in [-0.2, -0.15) is 0 Å². The molecule has 5 nitrogen and oxygen atoms in total. The average molecular weight is 257 g/mol. The number of carbonyl (C=O) groups is 1. The van der Waals surface area contributed by atoms with Crippen LogP contribution in [0.3, 0.4) is 0 Å². The van der Waals surface area contributed by atoms with E-state index in [4.69, 9.17) is 0 Å². The Balaban J connectivity index is 2.02. The Labute approximate surface area is 111 Å². The van der Waals surface area contributed by atoms with Gasteiger partial charge in [-0.3, -0.25) is 4.79 Å². The van der Waals surface area contributed by atoms with Crippen molar-refractivity contribution in [2.75, 3.05) is 11.4 Å². The van der Waals surface area contributed by atoms with Crippen molar-refractivity contribution in [3.8, 4) is 5.75 Å². The molecule has 0 aliphatic carbocycles. The van der Waals surface area contributed by atoms with Gasteiger partial charge in [0, 0.05) is 19.8 Å². The zero-order valence-electron chi connectivity index (χ0n) is 10.7. The number of imidazole rings is 1. The molecule has 5 heteroatoms. The zero-order chi connectivity index (χ0) is 13.4. The van der Waals surface area contributed by atoms with Gasteiger partial charge in [0.25, 0.3) is 5.91 Å².